The number of carbonyl (C=O) groups excluding carboxylic acids is 2. The Morgan fingerprint density at radius 1 is 1.28 bits per heavy atom. The summed E-state index contributed by atoms with van der Waals surface area (Å²) in [5, 5.41) is 11.3. The van der Waals surface area contributed by atoms with Crippen LogP contribution < -0.4 is 4.90 Å². The number of nitro benzene ring substituents is 1. The van der Waals surface area contributed by atoms with Gasteiger partial charge in [0, 0.05) is 32.9 Å². The molecule has 1 heterocycles. The zero-order chi connectivity index (χ0) is 21.3. The number of halogens is 2. The Labute approximate surface area is 179 Å². The zero-order valence-corrected chi connectivity index (χ0v) is 17.7. The van der Waals surface area contributed by atoms with Crippen LogP contribution in [0.4, 0.5) is 11.4 Å². The van der Waals surface area contributed by atoms with Crippen molar-refractivity contribution in [2.24, 2.45) is 0 Å². The maximum absolute atomic E-state index is 13.2. The van der Waals surface area contributed by atoms with Crippen molar-refractivity contribution < 1.29 is 19.2 Å². The summed E-state index contributed by atoms with van der Waals surface area (Å²) in [6.45, 7) is 1.63. The standard InChI is InChI=1S/C20H14BrClN2O5/c1-11-18(20(26)29-2)16(9-12-8-15(24(27)28)6-7-17(12)22)19(25)23(11)14-5-3-4-13(21)10-14/h3-10H,1-2H3/b16-9-. The van der Waals surface area contributed by atoms with Gasteiger partial charge in [0.25, 0.3) is 11.6 Å². The van der Waals surface area contributed by atoms with Crippen molar-refractivity contribution >= 4 is 56.9 Å². The van der Waals surface area contributed by atoms with E-state index in [0.717, 1.165) is 4.47 Å². The largest absolute Gasteiger partial charge is 0.465 e. The summed E-state index contributed by atoms with van der Waals surface area (Å²) < 4.78 is 5.61. The Kier molecular flexibility index (Phi) is 5.86. The summed E-state index contributed by atoms with van der Waals surface area (Å²) >= 11 is 9.53. The van der Waals surface area contributed by atoms with Crippen LogP contribution in [0, 0.1) is 10.1 Å². The molecular formula is C20H14BrClN2O5. The molecule has 0 radical (unpaired) electrons. The van der Waals surface area contributed by atoms with Crippen molar-refractivity contribution in [1.82, 2.24) is 0 Å². The number of nitrogens with zero attached hydrogens (tertiary/aromatic N) is 2. The smallest absolute Gasteiger partial charge is 0.340 e. The molecule has 29 heavy (non-hydrogen) atoms. The molecule has 7 nitrogen and oxygen atoms in total. The number of methoxy groups -OCH3 is 1. The number of benzene rings is 2. The number of amides is 1. The molecule has 0 N–H and O–H groups in total. The Hall–Kier alpha value is -2.97. The fourth-order valence-electron chi connectivity index (χ4n) is 3.02. The maximum Gasteiger partial charge on any atom is 0.340 e. The lowest BCUT2D eigenvalue weighted by atomic mass is 10.0. The summed E-state index contributed by atoms with van der Waals surface area (Å²) in [4.78, 5) is 37.5. The van der Waals surface area contributed by atoms with E-state index in [2.05, 4.69) is 15.9 Å². The first kappa shape index (κ1) is 20.8. The summed E-state index contributed by atoms with van der Waals surface area (Å²) in [6.07, 6.45) is 1.37. The van der Waals surface area contributed by atoms with Gasteiger partial charge in [0.1, 0.15) is 0 Å². The van der Waals surface area contributed by atoms with Gasteiger partial charge in [0.2, 0.25) is 0 Å². The van der Waals surface area contributed by atoms with Crippen molar-refractivity contribution in [3.63, 3.8) is 0 Å². The second-order valence-corrected chi connectivity index (χ2v) is 7.42. The van der Waals surface area contributed by atoms with Gasteiger partial charge in [-0.3, -0.25) is 19.8 Å². The highest BCUT2D eigenvalue weighted by atomic mass is 79.9. The Bertz CT molecular complexity index is 1110. The molecule has 0 aliphatic carbocycles. The first-order valence-corrected chi connectivity index (χ1v) is 9.47. The first-order valence-electron chi connectivity index (χ1n) is 8.29. The molecule has 1 aliphatic rings. The fraction of sp³-hybridized carbons (Fsp3) is 0.100. The van der Waals surface area contributed by atoms with E-state index in [1.807, 2.05) is 6.07 Å². The van der Waals surface area contributed by atoms with E-state index in [1.54, 1.807) is 25.1 Å². The maximum atomic E-state index is 13.2. The van der Waals surface area contributed by atoms with E-state index >= 15 is 0 Å². The van der Waals surface area contributed by atoms with Gasteiger partial charge in [-0.25, -0.2) is 4.79 Å². The summed E-state index contributed by atoms with van der Waals surface area (Å²) in [5.41, 5.74) is 1.10. The van der Waals surface area contributed by atoms with Gasteiger partial charge in [0.05, 0.1) is 28.9 Å². The Morgan fingerprint density at radius 3 is 2.62 bits per heavy atom. The monoisotopic (exact) mass is 476 g/mol. The molecule has 1 aliphatic heterocycles. The van der Waals surface area contributed by atoms with Crippen LogP contribution in [0.3, 0.4) is 0 Å². The number of esters is 1. The lowest BCUT2D eigenvalue weighted by Crippen LogP contribution is -2.24. The third-order valence-corrected chi connectivity index (χ3v) is 5.18. The molecule has 0 unspecified atom stereocenters. The van der Waals surface area contributed by atoms with Crippen LogP contribution >= 0.6 is 27.5 Å². The van der Waals surface area contributed by atoms with E-state index < -0.39 is 16.8 Å². The lowest BCUT2D eigenvalue weighted by molar-refractivity contribution is -0.384. The molecular weight excluding hydrogens is 464 g/mol. The number of hydrogen-bond acceptors (Lipinski definition) is 5. The van der Waals surface area contributed by atoms with Crippen LogP contribution in [0.2, 0.25) is 5.02 Å². The van der Waals surface area contributed by atoms with Crippen LogP contribution in [0.1, 0.15) is 12.5 Å². The van der Waals surface area contributed by atoms with E-state index in [0.29, 0.717) is 11.4 Å². The second kappa shape index (κ2) is 8.18. The Morgan fingerprint density at radius 2 is 2.00 bits per heavy atom. The fourth-order valence-corrected chi connectivity index (χ4v) is 3.58. The third kappa shape index (κ3) is 3.94. The second-order valence-electron chi connectivity index (χ2n) is 6.09. The predicted octanol–water partition coefficient (Wildman–Crippen LogP) is 4.89. The molecule has 148 valence electrons. The average Bonchev–Trinajstić information content (AvgIpc) is 2.92. The molecule has 0 saturated heterocycles. The van der Waals surface area contributed by atoms with E-state index in [1.165, 1.54) is 36.3 Å². The third-order valence-electron chi connectivity index (χ3n) is 4.35. The van der Waals surface area contributed by atoms with Crippen molar-refractivity contribution in [3.05, 3.63) is 84.5 Å². The zero-order valence-electron chi connectivity index (χ0n) is 15.3. The van der Waals surface area contributed by atoms with Crippen molar-refractivity contribution in [2.75, 3.05) is 12.0 Å². The predicted molar refractivity (Wildman–Crippen MR) is 112 cm³/mol. The minimum atomic E-state index is -0.693. The van der Waals surface area contributed by atoms with E-state index in [-0.39, 0.29) is 27.4 Å². The lowest BCUT2D eigenvalue weighted by Gasteiger charge is -2.18. The molecule has 0 aromatic heterocycles. The SMILES string of the molecule is COC(=O)C1=C(C)N(c2cccc(Br)c2)C(=O)/C1=C\c1cc([N+](=O)[O-])ccc1Cl. The van der Waals surface area contributed by atoms with E-state index in [9.17, 15) is 19.7 Å². The number of non-ortho nitro benzene ring substituents is 1. The highest BCUT2D eigenvalue weighted by Crippen LogP contribution is 2.37. The summed E-state index contributed by atoms with van der Waals surface area (Å²) in [6, 6.07) is 10.9. The van der Waals surface area contributed by atoms with Gasteiger partial charge in [-0.1, -0.05) is 33.6 Å². The molecule has 1 amide bonds. The van der Waals surface area contributed by atoms with Gasteiger partial charge < -0.3 is 4.74 Å². The van der Waals surface area contributed by atoms with Crippen LogP contribution in [-0.2, 0) is 14.3 Å². The number of hydrogen-bond donors (Lipinski definition) is 0. The molecule has 3 rings (SSSR count). The highest BCUT2D eigenvalue weighted by molar-refractivity contribution is 9.10. The minimum Gasteiger partial charge on any atom is -0.465 e. The molecule has 0 fully saturated rings. The quantitative estimate of drug-likeness (QED) is 0.271. The van der Waals surface area contributed by atoms with Crippen LogP contribution in [0.5, 0.6) is 0 Å². The number of nitro groups is 1. The number of carbonyl (C=O) groups is 2. The van der Waals surface area contributed by atoms with Gasteiger partial charge in [-0.2, -0.15) is 0 Å². The molecule has 0 spiro atoms. The summed E-state index contributed by atoms with van der Waals surface area (Å²) in [7, 11) is 1.22. The van der Waals surface area contributed by atoms with Gasteiger partial charge in [0.15, 0.2) is 0 Å². The van der Waals surface area contributed by atoms with E-state index in [4.69, 9.17) is 16.3 Å². The number of allylic oxidation sites excluding steroid dienone is 1. The number of anilines is 1. The van der Waals surface area contributed by atoms with Crippen molar-refractivity contribution in [3.8, 4) is 0 Å². The normalized spacial score (nSPS) is 15.2. The molecule has 2 aromatic rings. The number of ether oxygens (including phenoxy) is 1. The van der Waals surface area contributed by atoms with Gasteiger partial charge in [-0.15, -0.1) is 0 Å². The molecule has 9 heteroatoms. The molecule has 0 saturated carbocycles. The molecule has 0 bridgehead atoms. The highest BCUT2D eigenvalue weighted by Gasteiger charge is 2.38. The van der Waals surface area contributed by atoms with Crippen molar-refractivity contribution in [1.29, 1.82) is 0 Å². The van der Waals surface area contributed by atoms with Crippen LogP contribution in [0.25, 0.3) is 6.08 Å². The van der Waals surface area contributed by atoms with Crippen LogP contribution in [-0.4, -0.2) is 23.9 Å². The Balaban J connectivity index is 2.19. The topological polar surface area (TPSA) is 89.8 Å². The minimum absolute atomic E-state index is 0.0386. The number of rotatable bonds is 4. The van der Waals surface area contributed by atoms with Crippen molar-refractivity contribution in [2.45, 2.75) is 6.92 Å². The molecule has 2 aromatic carbocycles. The van der Waals surface area contributed by atoms with Gasteiger partial charge >= 0.3 is 5.97 Å². The summed E-state index contributed by atoms with van der Waals surface area (Å²) in [5.74, 6) is -1.16. The average molecular weight is 478 g/mol. The van der Waals surface area contributed by atoms with Gasteiger partial charge in [-0.05, 0) is 37.3 Å². The first-order chi connectivity index (χ1) is 13.7. The molecule has 0 atom stereocenters. The van der Waals surface area contributed by atoms with Crippen LogP contribution in [0.15, 0.2) is 63.8 Å².